The Bertz CT molecular complexity index is 111. The molecule has 0 N–H and O–H groups in total. The van der Waals surface area contributed by atoms with Crippen molar-refractivity contribution in [3.05, 3.63) is 0 Å². The molecule has 0 atom stereocenters. The van der Waals surface area contributed by atoms with Crippen molar-refractivity contribution >= 4 is 0 Å². The Labute approximate surface area is 62.4 Å². The van der Waals surface area contributed by atoms with Crippen LogP contribution in [0.1, 0.15) is 34.1 Å². The summed E-state index contributed by atoms with van der Waals surface area (Å²) in [6.45, 7) is 9.25. The molecule has 0 aromatic carbocycles. The van der Waals surface area contributed by atoms with E-state index in [1.54, 1.807) is 0 Å². The van der Waals surface area contributed by atoms with Gasteiger partial charge in [0.05, 0.1) is 6.61 Å². The number of rotatable bonds is 0. The minimum atomic E-state index is -0.148. The van der Waals surface area contributed by atoms with Gasteiger partial charge in [-0.05, 0) is 25.7 Å². The molecule has 0 spiro atoms. The molecule has 1 saturated heterocycles. The molecule has 2 heteroatoms. The second-order valence-corrected chi connectivity index (χ2v) is 4.05. The topological polar surface area (TPSA) is 18.5 Å². The molecule has 60 valence electrons. The molecule has 0 bridgehead atoms. The minimum absolute atomic E-state index is 0.148. The third-order valence-corrected chi connectivity index (χ3v) is 2.71. The number of hydrogen-bond donors (Lipinski definition) is 0. The van der Waals surface area contributed by atoms with Gasteiger partial charge in [0.2, 0.25) is 0 Å². The van der Waals surface area contributed by atoms with Gasteiger partial charge in [-0.3, -0.25) is 0 Å². The average molecular weight is 144 g/mol. The third kappa shape index (κ3) is 1.18. The van der Waals surface area contributed by atoms with Crippen molar-refractivity contribution in [2.45, 2.75) is 39.7 Å². The molecule has 1 aliphatic heterocycles. The first-order valence-electron chi connectivity index (χ1n) is 3.76. The van der Waals surface area contributed by atoms with Gasteiger partial charge in [-0.25, -0.2) is 9.78 Å². The molecule has 0 aliphatic carbocycles. The molecule has 10 heavy (non-hydrogen) atoms. The van der Waals surface area contributed by atoms with Crippen molar-refractivity contribution in [2.24, 2.45) is 5.41 Å². The largest absolute Gasteiger partial charge is 0.236 e. The minimum Gasteiger partial charge on any atom is -0.236 e. The fraction of sp³-hybridized carbons (Fsp3) is 1.00. The van der Waals surface area contributed by atoms with E-state index in [1.165, 1.54) is 0 Å². The molecule has 0 amide bonds. The van der Waals surface area contributed by atoms with Gasteiger partial charge >= 0.3 is 0 Å². The molecule has 0 radical (unpaired) electrons. The highest BCUT2D eigenvalue weighted by atomic mass is 17.2. The fourth-order valence-corrected chi connectivity index (χ4v) is 0.900. The molecule has 1 rings (SSSR count). The van der Waals surface area contributed by atoms with E-state index in [4.69, 9.17) is 9.78 Å². The lowest BCUT2D eigenvalue weighted by atomic mass is 9.74. The average Bonchev–Trinajstić information content (AvgIpc) is 1.77. The molecule has 1 fully saturated rings. The lowest BCUT2D eigenvalue weighted by Gasteiger charge is -2.43. The van der Waals surface area contributed by atoms with Crippen LogP contribution in [0.2, 0.25) is 0 Å². The highest BCUT2D eigenvalue weighted by Gasteiger charge is 2.41. The van der Waals surface area contributed by atoms with Crippen LogP contribution in [0.15, 0.2) is 0 Å². The normalized spacial score (nSPS) is 30.0. The van der Waals surface area contributed by atoms with Crippen LogP contribution in [0.4, 0.5) is 0 Å². The van der Waals surface area contributed by atoms with Crippen LogP contribution in [0.3, 0.4) is 0 Å². The van der Waals surface area contributed by atoms with Crippen molar-refractivity contribution in [3.63, 3.8) is 0 Å². The van der Waals surface area contributed by atoms with E-state index in [2.05, 4.69) is 27.7 Å². The zero-order chi connectivity index (χ0) is 7.83. The van der Waals surface area contributed by atoms with E-state index in [0.29, 0.717) is 0 Å². The first kappa shape index (κ1) is 8.02. The lowest BCUT2D eigenvalue weighted by Crippen LogP contribution is -2.45. The van der Waals surface area contributed by atoms with E-state index in [9.17, 15) is 0 Å². The number of hydrogen-bond acceptors (Lipinski definition) is 2. The first-order valence-corrected chi connectivity index (χ1v) is 3.76. The van der Waals surface area contributed by atoms with Crippen molar-refractivity contribution in [3.8, 4) is 0 Å². The summed E-state index contributed by atoms with van der Waals surface area (Å²) in [7, 11) is 0. The van der Waals surface area contributed by atoms with Gasteiger partial charge in [-0.2, -0.15) is 0 Å². The second-order valence-electron chi connectivity index (χ2n) is 4.05. The maximum Gasteiger partial charge on any atom is 0.103 e. The van der Waals surface area contributed by atoms with Crippen LogP contribution >= 0.6 is 0 Å². The molecule has 1 aliphatic rings. The predicted molar refractivity (Wildman–Crippen MR) is 39.5 cm³/mol. The quantitative estimate of drug-likeness (QED) is 0.485. The van der Waals surface area contributed by atoms with E-state index in [-0.39, 0.29) is 11.0 Å². The molecule has 0 aromatic rings. The van der Waals surface area contributed by atoms with E-state index in [1.807, 2.05) is 0 Å². The summed E-state index contributed by atoms with van der Waals surface area (Å²) in [4.78, 5) is 10.1. The molecule has 0 saturated carbocycles. The zero-order valence-corrected chi connectivity index (χ0v) is 7.23. The van der Waals surface area contributed by atoms with Crippen molar-refractivity contribution in [2.75, 3.05) is 6.61 Å². The maximum absolute atomic E-state index is 5.18. The van der Waals surface area contributed by atoms with Crippen LogP contribution < -0.4 is 0 Å². The second kappa shape index (κ2) is 2.21. The monoisotopic (exact) mass is 144 g/mol. The summed E-state index contributed by atoms with van der Waals surface area (Å²) in [6.07, 6.45) is 1.07. The standard InChI is InChI=1S/C8H16O2/c1-7(2)5-6-9-10-8(7,3)4/h5-6H2,1-4H3. The van der Waals surface area contributed by atoms with Gasteiger partial charge in [-0.15, -0.1) is 0 Å². The molecule has 0 unspecified atom stereocenters. The van der Waals surface area contributed by atoms with Crippen molar-refractivity contribution in [1.82, 2.24) is 0 Å². The molecule has 0 aromatic heterocycles. The summed E-state index contributed by atoms with van der Waals surface area (Å²) in [5, 5.41) is 0. The smallest absolute Gasteiger partial charge is 0.103 e. The maximum atomic E-state index is 5.18. The van der Waals surface area contributed by atoms with Gasteiger partial charge in [0, 0.05) is 0 Å². The summed E-state index contributed by atoms with van der Waals surface area (Å²) in [6, 6.07) is 0. The SMILES string of the molecule is CC1(C)CCOOC1(C)C. The lowest BCUT2D eigenvalue weighted by molar-refractivity contribution is -0.403. The summed E-state index contributed by atoms with van der Waals surface area (Å²) in [5.74, 6) is 0. The fourth-order valence-electron chi connectivity index (χ4n) is 0.900. The Morgan fingerprint density at radius 2 is 1.70 bits per heavy atom. The summed E-state index contributed by atoms with van der Waals surface area (Å²) >= 11 is 0. The van der Waals surface area contributed by atoms with E-state index in [0.717, 1.165) is 13.0 Å². The van der Waals surface area contributed by atoms with E-state index < -0.39 is 0 Å². The highest BCUT2D eigenvalue weighted by Crippen LogP contribution is 2.39. The Hall–Kier alpha value is -0.0800. The van der Waals surface area contributed by atoms with Crippen LogP contribution in [-0.4, -0.2) is 12.2 Å². The van der Waals surface area contributed by atoms with Gasteiger partial charge in [0.25, 0.3) is 0 Å². The summed E-state index contributed by atoms with van der Waals surface area (Å²) < 4.78 is 0. The summed E-state index contributed by atoms with van der Waals surface area (Å²) in [5.41, 5.74) is 0.0799. The van der Waals surface area contributed by atoms with Gasteiger partial charge in [-0.1, -0.05) is 13.8 Å². The van der Waals surface area contributed by atoms with Crippen LogP contribution in [-0.2, 0) is 9.78 Å². The molecular weight excluding hydrogens is 128 g/mol. The Kier molecular flexibility index (Phi) is 1.77. The van der Waals surface area contributed by atoms with Crippen molar-refractivity contribution in [1.29, 1.82) is 0 Å². The van der Waals surface area contributed by atoms with Gasteiger partial charge in [0.1, 0.15) is 5.60 Å². The highest BCUT2D eigenvalue weighted by molar-refractivity contribution is 4.87. The molecule has 1 heterocycles. The predicted octanol–water partition coefficient (Wildman–Crippen LogP) is 2.14. The first-order chi connectivity index (χ1) is 4.46. The Morgan fingerprint density at radius 3 is 2.00 bits per heavy atom. The Balaban J connectivity index is 2.70. The van der Waals surface area contributed by atoms with Crippen molar-refractivity contribution < 1.29 is 9.78 Å². The van der Waals surface area contributed by atoms with Gasteiger partial charge < -0.3 is 0 Å². The van der Waals surface area contributed by atoms with Crippen LogP contribution in [0, 0.1) is 5.41 Å². The van der Waals surface area contributed by atoms with Crippen LogP contribution in [0.5, 0.6) is 0 Å². The molecular formula is C8H16O2. The van der Waals surface area contributed by atoms with Gasteiger partial charge in [0.15, 0.2) is 0 Å². The van der Waals surface area contributed by atoms with E-state index >= 15 is 0 Å². The molecule has 2 nitrogen and oxygen atoms in total. The Morgan fingerprint density at radius 1 is 1.10 bits per heavy atom. The van der Waals surface area contributed by atoms with Crippen LogP contribution in [0.25, 0.3) is 0 Å². The third-order valence-electron chi connectivity index (χ3n) is 2.71. The zero-order valence-electron chi connectivity index (χ0n) is 7.23.